The van der Waals surface area contributed by atoms with Gasteiger partial charge in [0.2, 0.25) is 5.91 Å². The number of nitrogens with one attached hydrogen (secondary N) is 1. The van der Waals surface area contributed by atoms with Crippen LogP contribution in [0, 0.1) is 11.3 Å². The molecule has 0 aromatic carbocycles. The molecule has 0 bridgehead atoms. The minimum atomic E-state index is -0.0430. The van der Waals surface area contributed by atoms with Gasteiger partial charge in [-0.2, -0.15) is 0 Å². The zero-order chi connectivity index (χ0) is 17.0. The van der Waals surface area contributed by atoms with Gasteiger partial charge in [-0.1, -0.05) is 38.7 Å². The van der Waals surface area contributed by atoms with Crippen LogP contribution in [0.25, 0.3) is 0 Å². The molecule has 2 fully saturated rings. The maximum absolute atomic E-state index is 12.8. The number of hydrogen-bond donors (Lipinski definition) is 1. The number of amides is 2. The van der Waals surface area contributed by atoms with E-state index in [4.69, 9.17) is 0 Å². The van der Waals surface area contributed by atoms with E-state index in [-0.39, 0.29) is 23.1 Å². The van der Waals surface area contributed by atoms with Crippen LogP contribution in [0.1, 0.15) is 61.5 Å². The number of thiophene rings is 1. The zero-order valence-electron chi connectivity index (χ0n) is 14.6. The molecule has 1 aromatic heterocycles. The number of likely N-dealkylation sites (tertiary alicyclic amines) is 1. The van der Waals surface area contributed by atoms with E-state index in [0.29, 0.717) is 6.54 Å². The van der Waals surface area contributed by atoms with Crippen molar-refractivity contribution in [3.63, 3.8) is 0 Å². The molecule has 0 unspecified atom stereocenters. The van der Waals surface area contributed by atoms with Crippen LogP contribution < -0.4 is 5.32 Å². The smallest absolute Gasteiger partial charge is 0.263 e. The molecule has 0 radical (unpaired) electrons. The van der Waals surface area contributed by atoms with Crippen molar-refractivity contribution in [2.45, 2.75) is 51.9 Å². The molecule has 1 spiro atoms. The Hall–Kier alpha value is -1.36. The van der Waals surface area contributed by atoms with Gasteiger partial charge in [-0.25, -0.2) is 0 Å². The summed E-state index contributed by atoms with van der Waals surface area (Å²) in [6.07, 6.45) is 7.87. The van der Waals surface area contributed by atoms with E-state index in [1.165, 1.54) is 30.6 Å². The summed E-state index contributed by atoms with van der Waals surface area (Å²) in [6, 6.07) is 3.80. The van der Waals surface area contributed by atoms with Crippen LogP contribution in [0.15, 0.2) is 17.5 Å². The van der Waals surface area contributed by atoms with Crippen molar-refractivity contribution in [2.75, 3.05) is 19.6 Å². The SMILES string of the molecule is CCCCNC(=O)[C@@H]1CN(C(=O)c2cccs2)CC12CCCCC2. The molecule has 5 heteroatoms. The summed E-state index contributed by atoms with van der Waals surface area (Å²) in [5, 5.41) is 5.06. The fraction of sp³-hybridized carbons (Fsp3) is 0.684. The first kappa shape index (κ1) is 17.5. The van der Waals surface area contributed by atoms with Crippen molar-refractivity contribution < 1.29 is 9.59 Å². The first-order chi connectivity index (χ1) is 11.7. The van der Waals surface area contributed by atoms with Crippen LogP contribution in [-0.2, 0) is 4.79 Å². The first-order valence-electron chi connectivity index (χ1n) is 9.27. The molecular weight excluding hydrogens is 320 g/mol. The van der Waals surface area contributed by atoms with Gasteiger partial charge in [0, 0.05) is 25.0 Å². The predicted octanol–water partition coefficient (Wildman–Crippen LogP) is 3.69. The summed E-state index contributed by atoms with van der Waals surface area (Å²) >= 11 is 1.49. The molecule has 3 rings (SSSR count). The lowest BCUT2D eigenvalue weighted by molar-refractivity contribution is -0.128. The summed E-state index contributed by atoms with van der Waals surface area (Å²) in [5.41, 5.74) is 0.00146. The minimum Gasteiger partial charge on any atom is -0.356 e. The van der Waals surface area contributed by atoms with Crippen molar-refractivity contribution in [1.82, 2.24) is 10.2 Å². The lowest BCUT2D eigenvalue weighted by Crippen LogP contribution is -2.42. The zero-order valence-corrected chi connectivity index (χ0v) is 15.4. The fourth-order valence-electron chi connectivity index (χ4n) is 4.31. The van der Waals surface area contributed by atoms with Crippen molar-refractivity contribution in [3.05, 3.63) is 22.4 Å². The average Bonchev–Trinajstić information content (AvgIpc) is 3.24. The van der Waals surface area contributed by atoms with Crippen LogP contribution >= 0.6 is 11.3 Å². The highest BCUT2D eigenvalue weighted by Crippen LogP contribution is 2.48. The van der Waals surface area contributed by atoms with Gasteiger partial charge in [-0.15, -0.1) is 11.3 Å². The Bertz CT molecular complexity index is 564. The number of unbranched alkanes of at least 4 members (excludes halogenated alkanes) is 1. The normalized spacial score (nSPS) is 22.7. The van der Waals surface area contributed by atoms with E-state index in [1.54, 1.807) is 0 Å². The average molecular weight is 349 g/mol. The number of hydrogen-bond acceptors (Lipinski definition) is 3. The van der Waals surface area contributed by atoms with Gasteiger partial charge in [0.15, 0.2) is 0 Å². The summed E-state index contributed by atoms with van der Waals surface area (Å²) < 4.78 is 0. The molecule has 132 valence electrons. The van der Waals surface area contributed by atoms with Gasteiger partial charge in [0.05, 0.1) is 10.8 Å². The highest BCUT2D eigenvalue weighted by atomic mass is 32.1. The van der Waals surface area contributed by atoms with E-state index in [0.717, 1.165) is 43.6 Å². The Labute approximate surface area is 148 Å². The van der Waals surface area contributed by atoms with Gasteiger partial charge in [-0.3, -0.25) is 9.59 Å². The quantitative estimate of drug-likeness (QED) is 0.825. The van der Waals surface area contributed by atoms with E-state index >= 15 is 0 Å². The molecule has 1 aliphatic heterocycles. The Kier molecular flexibility index (Phi) is 5.59. The highest BCUT2D eigenvalue weighted by molar-refractivity contribution is 7.12. The first-order valence-corrected chi connectivity index (χ1v) is 10.1. The lowest BCUT2D eigenvalue weighted by Gasteiger charge is -2.37. The van der Waals surface area contributed by atoms with Crippen LogP contribution in [0.2, 0.25) is 0 Å². The van der Waals surface area contributed by atoms with Crippen LogP contribution in [0.5, 0.6) is 0 Å². The molecular formula is C19H28N2O2S. The second-order valence-electron chi connectivity index (χ2n) is 7.28. The maximum Gasteiger partial charge on any atom is 0.263 e. The molecule has 2 amide bonds. The van der Waals surface area contributed by atoms with E-state index < -0.39 is 0 Å². The summed E-state index contributed by atoms with van der Waals surface area (Å²) in [7, 11) is 0. The summed E-state index contributed by atoms with van der Waals surface area (Å²) in [4.78, 5) is 28.3. The van der Waals surface area contributed by atoms with Crippen LogP contribution in [-0.4, -0.2) is 36.3 Å². The van der Waals surface area contributed by atoms with Gasteiger partial charge in [-0.05, 0) is 30.7 Å². The van der Waals surface area contributed by atoms with Gasteiger partial charge < -0.3 is 10.2 Å². The van der Waals surface area contributed by atoms with Crippen molar-refractivity contribution in [2.24, 2.45) is 11.3 Å². The minimum absolute atomic E-state index is 0.00146. The molecule has 1 aromatic rings. The number of rotatable bonds is 5. The number of carbonyl (C=O) groups is 2. The second kappa shape index (κ2) is 7.68. The van der Waals surface area contributed by atoms with Crippen LogP contribution in [0.4, 0.5) is 0 Å². The monoisotopic (exact) mass is 348 g/mol. The van der Waals surface area contributed by atoms with Gasteiger partial charge >= 0.3 is 0 Å². The standard InChI is InChI=1S/C19H28N2O2S/c1-2-3-11-20-17(22)15-13-21(18(23)16-8-7-12-24-16)14-19(15)9-5-4-6-10-19/h7-8,12,15H,2-6,9-11,13-14H2,1H3,(H,20,22)/t15-/m0/s1. The van der Waals surface area contributed by atoms with Gasteiger partial charge in [0.25, 0.3) is 5.91 Å². The Morgan fingerprint density at radius 2 is 2.12 bits per heavy atom. The second-order valence-corrected chi connectivity index (χ2v) is 8.23. The van der Waals surface area contributed by atoms with E-state index in [9.17, 15) is 9.59 Å². The molecule has 1 atom stereocenters. The lowest BCUT2D eigenvalue weighted by atomic mass is 9.67. The molecule has 1 saturated heterocycles. The van der Waals surface area contributed by atoms with Crippen LogP contribution in [0.3, 0.4) is 0 Å². The fourth-order valence-corrected chi connectivity index (χ4v) is 5.01. The Morgan fingerprint density at radius 1 is 1.33 bits per heavy atom. The largest absolute Gasteiger partial charge is 0.356 e. The molecule has 1 aliphatic carbocycles. The third-order valence-electron chi connectivity index (χ3n) is 5.66. The van der Waals surface area contributed by atoms with Crippen molar-refractivity contribution >= 4 is 23.2 Å². The van der Waals surface area contributed by atoms with E-state index in [2.05, 4.69) is 12.2 Å². The Balaban J connectivity index is 1.74. The third-order valence-corrected chi connectivity index (χ3v) is 6.52. The Morgan fingerprint density at radius 3 is 2.79 bits per heavy atom. The highest BCUT2D eigenvalue weighted by Gasteiger charge is 2.51. The maximum atomic E-state index is 12.8. The predicted molar refractivity (Wildman–Crippen MR) is 97.1 cm³/mol. The summed E-state index contributed by atoms with van der Waals surface area (Å²) in [6.45, 7) is 4.21. The number of carbonyl (C=O) groups excluding carboxylic acids is 2. The summed E-state index contributed by atoms with van der Waals surface area (Å²) in [5.74, 6) is 0.212. The van der Waals surface area contributed by atoms with Gasteiger partial charge in [0.1, 0.15) is 0 Å². The third kappa shape index (κ3) is 3.51. The van der Waals surface area contributed by atoms with Crippen molar-refractivity contribution in [1.29, 1.82) is 0 Å². The number of nitrogens with zero attached hydrogens (tertiary/aromatic N) is 1. The van der Waals surface area contributed by atoms with Crippen molar-refractivity contribution in [3.8, 4) is 0 Å². The molecule has 2 heterocycles. The molecule has 2 aliphatic rings. The molecule has 1 N–H and O–H groups in total. The molecule has 1 saturated carbocycles. The molecule has 24 heavy (non-hydrogen) atoms. The molecule has 4 nitrogen and oxygen atoms in total. The topological polar surface area (TPSA) is 49.4 Å². The van der Waals surface area contributed by atoms with E-state index in [1.807, 2.05) is 22.4 Å².